The van der Waals surface area contributed by atoms with Gasteiger partial charge in [0, 0.05) is 107 Å². The molecule has 0 saturated carbocycles. The van der Waals surface area contributed by atoms with E-state index in [1.165, 1.54) is 33.3 Å². The Morgan fingerprint density at radius 3 is 1.35 bits per heavy atom. The van der Waals surface area contributed by atoms with Crippen LogP contribution in [0.4, 0.5) is 17.1 Å². The van der Waals surface area contributed by atoms with Crippen molar-refractivity contribution >= 4 is 39.0 Å². The van der Waals surface area contributed by atoms with Crippen LogP contribution in [0.15, 0.2) is 118 Å². The highest BCUT2D eigenvalue weighted by Gasteiger charge is 2.23. The van der Waals surface area contributed by atoms with Crippen LogP contribution in [0.1, 0.15) is 72.1 Å². The Hall–Kier alpha value is -6.74. The molecule has 9 nitrogen and oxygen atoms in total. The number of anilines is 2. The number of nitrogens with zero attached hydrogens (tertiary/aromatic N) is 5. The molecule has 0 radical (unpaired) electrons. The highest BCUT2D eigenvalue weighted by Crippen LogP contribution is 2.44. The summed E-state index contributed by atoms with van der Waals surface area (Å²) in [7, 11) is 0. The van der Waals surface area contributed by atoms with Crippen LogP contribution >= 0.6 is 0 Å². The fraction of sp³-hybridized carbons (Fsp3) is 0.333. The monoisotopic (exact) mass is 886 g/mol. The molecule has 0 amide bonds. The fourth-order valence-corrected chi connectivity index (χ4v) is 9.50. The van der Waals surface area contributed by atoms with Crippen molar-refractivity contribution in [2.45, 2.75) is 76.2 Å². The minimum Gasteiger partial charge on any atom is -0.456 e. The molecule has 0 spiro atoms. The standard InChI is InChI=1S/C29H35N2O.C28H32N3O3/c1-7-30(8-2)22-13-15-24-27(18-22)32-28-19-23(31(9-3)10-4)14-16-25(28)29(24)26-17-20(5)11-12-21(26)6;1-6-29(7-2)20-10-14-24-26(17-20)34-27-18-21(30(8-3)9-4)11-15-25(27)28(24)23-13-12-22(31(32)33)16-19(23)5/h11-19H,7-10H2,1-6H3;10-18H,6-9H2,1-5H3/q2*+1. The Kier molecular flexibility index (Phi) is 14.8. The first-order chi connectivity index (χ1) is 31.9. The van der Waals surface area contributed by atoms with Crippen molar-refractivity contribution in [3.63, 3.8) is 0 Å². The highest BCUT2D eigenvalue weighted by molar-refractivity contribution is 6.04. The average Bonchev–Trinajstić information content (AvgIpc) is 3.32. The van der Waals surface area contributed by atoms with Crippen LogP contribution in [0.3, 0.4) is 0 Å². The van der Waals surface area contributed by atoms with Crippen LogP contribution in [-0.2, 0) is 0 Å². The van der Waals surface area contributed by atoms with Gasteiger partial charge in [0.05, 0.1) is 17.1 Å². The van der Waals surface area contributed by atoms with E-state index in [1.807, 2.05) is 13.0 Å². The third kappa shape index (κ3) is 9.35. The quantitative estimate of drug-likeness (QED) is 0.0496. The van der Waals surface area contributed by atoms with E-state index in [0.717, 1.165) is 125 Å². The molecule has 9 heteroatoms. The number of rotatable bonds is 13. The van der Waals surface area contributed by atoms with Crippen molar-refractivity contribution in [3.05, 3.63) is 147 Å². The predicted octanol–water partition coefficient (Wildman–Crippen LogP) is 12.6. The van der Waals surface area contributed by atoms with Crippen LogP contribution in [0.2, 0.25) is 0 Å². The average molecular weight is 886 g/mol. The van der Waals surface area contributed by atoms with Gasteiger partial charge in [0.25, 0.3) is 5.69 Å². The van der Waals surface area contributed by atoms with Gasteiger partial charge in [-0.25, -0.2) is 9.15 Å². The molecule has 0 saturated heterocycles. The van der Waals surface area contributed by atoms with E-state index in [2.05, 4.69) is 179 Å². The summed E-state index contributed by atoms with van der Waals surface area (Å²) in [5.41, 5.74) is 14.3. The number of aryl methyl sites for hydroxylation is 3. The van der Waals surface area contributed by atoms with Crippen LogP contribution < -0.4 is 29.7 Å². The van der Waals surface area contributed by atoms with E-state index in [4.69, 9.17) is 8.83 Å². The molecule has 8 rings (SSSR count). The SMILES string of the molecule is CCN(CC)c1ccc2c(-c3cc(C)ccc3C)c3ccc(=[N+](CC)CC)cc-3oc2c1.CCN(CC)c1ccc2c(-c3ccc([N+](=O)[O-])cc3C)c3ccc(=[N+](CC)CC)cc-3oc2c1. The van der Waals surface area contributed by atoms with Gasteiger partial charge < -0.3 is 18.6 Å². The molecule has 2 aliphatic heterocycles. The summed E-state index contributed by atoms with van der Waals surface area (Å²) in [6.45, 7) is 31.2. The Morgan fingerprint density at radius 2 is 0.924 bits per heavy atom. The van der Waals surface area contributed by atoms with Gasteiger partial charge in [-0.3, -0.25) is 10.1 Å². The Balaban J connectivity index is 0.000000197. The van der Waals surface area contributed by atoms with E-state index >= 15 is 0 Å². The topological polar surface area (TPSA) is 81.9 Å². The molecule has 2 aliphatic carbocycles. The maximum absolute atomic E-state index is 11.3. The molecular weight excluding hydrogens is 819 g/mol. The minimum atomic E-state index is -0.347. The van der Waals surface area contributed by atoms with E-state index in [1.54, 1.807) is 12.1 Å². The zero-order valence-electron chi connectivity index (χ0n) is 40.9. The van der Waals surface area contributed by atoms with Crippen molar-refractivity contribution < 1.29 is 13.8 Å². The maximum Gasteiger partial charge on any atom is 0.269 e. The van der Waals surface area contributed by atoms with E-state index in [0.29, 0.717) is 0 Å². The Labute approximate surface area is 390 Å². The van der Waals surface area contributed by atoms with E-state index in [-0.39, 0.29) is 10.6 Å². The Morgan fingerprint density at radius 1 is 0.470 bits per heavy atom. The smallest absolute Gasteiger partial charge is 0.269 e. The van der Waals surface area contributed by atoms with Gasteiger partial charge in [0.1, 0.15) is 48.9 Å². The number of non-ortho nitro benzene ring substituents is 1. The first-order valence-electron chi connectivity index (χ1n) is 23.9. The zero-order chi connectivity index (χ0) is 47.2. The second-order valence-electron chi connectivity index (χ2n) is 16.9. The summed E-state index contributed by atoms with van der Waals surface area (Å²) in [6.07, 6.45) is 0. The molecule has 66 heavy (non-hydrogen) atoms. The Bertz CT molecular complexity index is 3100. The van der Waals surface area contributed by atoms with Gasteiger partial charge in [0.15, 0.2) is 0 Å². The minimum absolute atomic E-state index is 0.100. The molecule has 0 aromatic heterocycles. The molecule has 4 aliphatic rings. The third-order valence-corrected chi connectivity index (χ3v) is 13.2. The van der Waals surface area contributed by atoms with Crippen molar-refractivity contribution in [2.75, 3.05) is 62.2 Å². The number of benzene rings is 6. The van der Waals surface area contributed by atoms with Crippen LogP contribution in [0.5, 0.6) is 0 Å². The predicted molar refractivity (Wildman–Crippen MR) is 277 cm³/mol. The lowest BCUT2D eigenvalue weighted by Crippen LogP contribution is -2.29. The normalized spacial score (nSPS) is 11.3. The van der Waals surface area contributed by atoms with Crippen molar-refractivity contribution in [1.82, 2.24) is 9.15 Å². The van der Waals surface area contributed by atoms with Gasteiger partial charge in [-0.15, -0.1) is 0 Å². The first kappa shape index (κ1) is 47.2. The number of nitro groups is 1. The van der Waals surface area contributed by atoms with Crippen LogP contribution in [-0.4, -0.2) is 57.3 Å². The summed E-state index contributed by atoms with van der Waals surface area (Å²) < 4.78 is 17.8. The zero-order valence-corrected chi connectivity index (χ0v) is 40.9. The van der Waals surface area contributed by atoms with Crippen molar-refractivity contribution in [2.24, 2.45) is 0 Å². The number of hydrogen-bond donors (Lipinski definition) is 0. The second kappa shape index (κ2) is 20.6. The largest absolute Gasteiger partial charge is 0.456 e. The highest BCUT2D eigenvalue weighted by atomic mass is 16.6. The lowest BCUT2D eigenvalue weighted by atomic mass is 9.90. The lowest BCUT2D eigenvalue weighted by Gasteiger charge is -2.22. The second-order valence-corrected chi connectivity index (χ2v) is 16.9. The summed E-state index contributed by atoms with van der Waals surface area (Å²) in [5.74, 6) is 1.75. The molecule has 342 valence electrons. The number of hydrogen-bond acceptors (Lipinski definition) is 6. The summed E-state index contributed by atoms with van der Waals surface area (Å²) in [6, 6.07) is 37.9. The summed E-state index contributed by atoms with van der Waals surface area (Å²) in [4.78, 5) is 15.6. The van der Waals surface area contributed by atoms with Gasteiger partial charge in [-0.05, 0) is 141 Å². The lowest BCUT2D eigenvalue weighted by molar-refractivity contribution is -0.384. The van der Waals surface area contributed by atoms with Crippen LogP contribution in [0, 0.1) is 30.9 Å². The first-order valence-corrected chi connectivity index (χ1v) is 23.9. The van der Waals surface area contributed by atoms with Gasteiger partial charge >= 0.3 is 0 Å². The third-order valence-electron chi connectivity index (χ3n) is 13.2. The van der Waals surface area contributed by atoms with Gasteiger partial charge in [0.2, 0.25) is 10.7 Å². The molecular formula is C57H67N5O4+2. The molecule has 0 N–H and O–H groups in total. The maximum atomic E-state index is 11.3. The van der Waals surface area contributed by atoms with Crippen molar-refractivity contribution in [1.29, 1.82) is 0 Å². The fourth-order valence-electron chi connectivity index (χ4n) is 9.50. The van der Waals surface area contributed by atoms with Gasteiger partial charge in [-0.2, -0.15) is 0 Å². The molecule has 0 bridgehead atoms. The molecule has 4 aromatic rings. The van der Waals surface area contributed by atoms with E-state index in [9.17, 15) is 10.1 Å². The molecule has 0 atom stereocenters. The van der Waals surface area contributed by atoms with Gasteiger partial charge in [-0.1, -0.05) is 23.8 Å². The number of nitro benzene ring substituents is 1. The van der Waals surface area contributed by atoms with Crippen LogP contribution in [0.25, 0.3) is 66.8 Å². The summed E-state index contributed by atoms with van der Waals surface area (Å²) in [5, 5.41) is 15.8. The molecule has 2 heterocycles. The molecule has 0 fully saturated rings. The summed E-state index contributed by atoms with van der Waals surface area (Å²) >= 11 is 0. The van der Waals surface area contributed by atoms with E-state index < -0.39 is 0 Å². The molecule has 4 aromatic carbocycles. The van der Waals surface area contributed by atoms with Crippen molar-refractivity contribution in [3.8, 4) is 44.9 Å². The molecule has 0 unspecified atom stereocenters. The number of fused-ring (bicyclic) bond motifs is 4.